The van der Waals surface area contributed by atoms with Gasteiger partial charge in [0.1, 0.15) is 11.5 Å². The van der Waals surface area contributed by atoms with Gasteiger partial charge in [0.25, 0.3) is 5.91 Å². The van der Waals surface area contributed by atoms with Gasteiger partial charge in [-0.25, -0.2) is 15.2 Å². The maximum atomic E-state index is 14.4. The van der Waals surface area contributed by atoms with Crippen molar-refractivity contribution >= 4 is 16.8 Å². The molecule has 6 nitrogen and oxygen atoms in total. The Morgan fingerprint density at radius 2 is 1.81 bits per heavy atom. The molecule has 162 valence electrons. The Kier molecular flexibility index (Phi) is 5.43. The molecule has 0 saturated carbocycles. The number of nitrogens with zero attached hydrogens (tertiary/aromatic N) is 2. The van der Waals surface area contributed by atoms with Gasteiger partial charge in [-0.15, -0.1) is 0 Å². The van der Waals surface area contributed by atoms with Crippen LogP contribution in [-0.2, 0) is 6.54 Å². The van der Waals surface area contributed by atoms with E-state index >= 15 is 0 Å². The van der Waals surface area contributed by atoms with Crippen LogP contribution in [0.15, 0.2) is 79.1 Å². The second-order valence-corrected chi connectivity index (χ2v) is 8.12. The Labute approximate surface area is 185 Å². The highest BCUT2D eigenvalue weighted by Gasteiger charge is 2.34. The number of carbonyl (C=O) groups is 1. The number of aromatic nitrogens is 2. The summed E-state index contributed by atoms with van der Waals surface area (Å²) in [4.78, 5) is 17.4. The number of carbonyl (C=O) groups excluding carboxylic acids is 1. The molecule has 5 rings (SSSR count). The zero-order valence-electron chi connectivity index (χ0n) is 17.6. The summed E-state index contributed by atoms with van der Waals surface area (Å²) >= 11 is 0. The molecule has 2 aromatic heterocycles. The Morgan fingerprint density at radius 3 is 2.62 bits per heavy atom. The van der Waals surface area contributed by atoms with Crippen LogP contribution in [0.25, 0.3) is 10.9 Å². The van der Waals surface area contributed by atoms with Crippen molar-refractivity contribution in [2.45, 2.75) is 25.7 Å². The molecule has 0 spiro atoms. The van der Waals surface area contributed by atoms with E-state index in [0.717, 1.165) is 16.5 Å². The minimum Gasteiger partial charge on any atom is -0.334 e. The smallest absolute Gasteiger partial charge is 0.269 e. The molecule has 1 fully saturated rings. The van der Waals surface area contributed by atoms with Crippen LogP contribution >= 0.6 is 0 Å². The number of pyridine rings is 1. The van der Waals surface area contributed by atoms with Crippen LogP contribution in [-0.4, -0.2) is 21.6 Å². The van der Waals surface area contributed by atoms with Crippen LogP contribution in [0.5, 0.6) is 0 Å². The number of fused-ring (bicyclic) bond motifs is 1. The Bertz CT molecular complexity index is 1260. The van der Waals surface area contributed by atoms with Gasteiger partial charge in [-0.3, -0.25) is 9.78 Å². The standard InChI is InChI=1S/C25H24FN5O/c1-16-23(17-10-12-27-13-11-17)29-30-24(16)28-25(32)22-14-18-6-3-5-9-21(18)31(22)15-19-7-2-4-8-20(19)26/h2-14,16,23-24,29-30H,15H2,1H3,(H,28,32). The third kappa shape index (κ3) is 3.77. The van der Waals surface area contributed by atoms with Crippen molar-refractivity contribution in [1.29, 1.82) is 0 Å². The number of nitrogens with one attached hydrogen (secondary N) is 3. The van der Waals surface area contributed by atoms with Gasteiger partial charge in [-0.05, 0) is 35.9 Å². The van der Waals surface area contributed by atoms with Crippen LogP contribution < -0.4 is 16.2 Å². The molecule has 1 amide bonds. The number of halogens is 1. The largest absolute Gasteiger partial charge is 0.334 e. The normalized spacial score (nSPS) is 20.5. The van der Waals surface area contributed by atoms with Gasteiger partial charge in [0.05, 0.1) is 18.8 Å². The van der Waals surface area contributed by atoms with Crippen molar-refractivity contribution in [2.75, 3.05) is 0 Å². The minimum absolute atomic E-state index is 0.0487. The second kappa shape index (κ2) is 8.53. The third-order valence-corrected chi connectivity index (χ3v) is 6.13. The minimum atomic E-state index is -0.285. The summed E-state index contributed by atoms with van der Waals surface area (Å²) in [5.41, 5.74) is 9.49. The van der Waals surface area contributed by atoms with E-state index in [9.17, 15) is 9.18 Å². The maximum absolute atomic E-state index is 14.4. The summed E-state index contributed by atoms with van der Waals surface area (Å²) in [7, 11) is 0. The molecule has 3 unspecified atom stereocenters. The van der Waals surface area contributed by atoms with E-state index in [4.69, 9.17) is 0 Å². The number of rotatable bonds is 5. The van der Waals surface area contributed by atoms with Gasteiger partial charge in [0.2, 0.25) is 0 Å². The number of amides is 1. The van der Waals surface area contributed by atoms with Gasteiger partial charge in [0.15, 0.2) is 0 Å². The van der Waals surface area contributed by atoms with Crippen molar-refractivity contribution in [3.63, 3.8) is 0 Å². The molecule has 0 bridgehead atoms. The molecule has 3 heterocycles. The molecular formula is C25H24FN5O. The van der Waals surface area contributed by atoms with Gasteiger partial charge in [-0.2, -0.15) is 0 Å². The zero-order valence-corrected chi connectivity index (χ0v) is 17.6. The van der Waals surface area contributed by atoms with Crippen LogP contribution in [0, 0.1) is 11.7 Å². The van der Waals surface area contributed by atoms with E-state index in [1.165, 1.54) is 6.07 Å². The molecule has 0 aliphatic carbocycles. The molecular weight excluding hydrogens is 405 g/mol. The van der Waals surface area contributed by atoms with Crippen molar-refractivity contribution in [3.05, 3.63) is 102 Å². The topological polar surface area (TPSA) is 71.0 Å². The summed E-state index contributed by atoms with van der Waals surface area (Å²) < 4.78 is 16.2. The first kappa shape index (κ1) is 20.4. The van der Waals surface area contributed by atoms with Crippen molar-refractivity contribution < 1.29 is 9.18 Å². The lowest BCUT2D eigenvalue weighted by Gasteiger charge is -2.20. The van der Waals surface area contributed by atoms with Crippen molar-refractivity contribution in [3.8, 4) is 0 Å². The van der Waals surface area contributed by atoms with E-state index in [1.54, 1.807) is 30.6 Å². The fourth-order valence-corrected chi connectivity index (χ4v) is 4.34. The lowest BCUT2D eigenvalue weighted by molar-refractivity contribution is 0.0914. The molecule has 0 radical (unpaired) electrons. The highest BCUT2D eigenvalue weighted by Crippen LogP contribution is 2.28. The quantitative estimate of drug-likeness (QED) is 0.452. The predicted octanol–water partition coefficient (Wildman–Crippen LogP) is 3.76. The SMILES string of the molecule is CC1C(NC(=O)c2cc3ccccc3n2Cc2ccccc2F)NNC1c1ccncc1. The molecule has 32 heavy (non-hydrogen) atoms. The highest BCUT2D eigenvalue weighted by molar-refractivity contribution is 5.99. The first-order chi connectivity index (χ1) is 15.6. The van der Waals surface area contributed by atoms with Crippen LogP contribution in [0.2, 0.25) is 0 Å². The number of hydrogen-bond donors (Lipinski definition) is 3. The molecule has 4 aromatic rings. The summed E-state index contributed by atoms with van der Waals surface area (Å²) in [6.07, 6.45) is 3.26. The first-order valence-electron chi connectivity index (χ1n) is 10.7. The van der Waals surface area contributed by atoms with E-state index in [2.05, 4.69) is 28.1 Å². The first-order valence-corrected chi connectivity index (χ1v) is 10.7. The average Bonchev–Trinajstić information content (AvgIpc) is 3.37. The second-order valence-electron chi connectivity index (χ2n) is 8.12. The Morgan fingerprint density at radius 1 is 1.06 bits per heavy atom. The molecule has 1 aliphatic heterocycles. The molecule has 2 aromatic carbocycles. The molecule has 1 aliphatic rings. The monoisotopic (exact) mass is 429 g/mol. The lowest BCUT2D eigenvalue weighted by atomic mass is 9.95. The van der Waals surface area contributed by atoms with E-state index in [0.29, 0.717) is 11.3 Å². The van der Waals surface area contributed by atoms with Gasteiger partial charge < -0.3 is 9.88 Å². The predicted molar refractivity (Wildman–Crippen MR) is 121 cm³/mol. The fraction of sp³-hybridized carbons (Fsp3) is 0.200. The van der Waals surface area contributed by atoms with Gasteiger partial charge in [-0.1, -0.05) is 43.3 Å². The zero-order chi connectivity index (χ0) is 22.1. The van der Waals surface area contributed by atoms with E-state index in [-0.39, 0.29) is 36.4 Å². The average molecular weight is 429 g/mol. The van der Waals surface area contributed by atoms with Crippen molar-refractivity contribution in [1.82, 2.24) is 25.7 Å². The third-order valence-electron chi connectivity index (χ3n) is 6.13. The van der Waals surface area contributed by atoms with Crippen LogP contribution in [0.4, 0.5) is 4.39 Å². The lowest BCUT2D eigenvalue weighted by Crippen LogP contribution is -2.46. The van der Waals surface area contributed by atoms with Gasteiger partial charge in [0, 0.05) is 34.8 Å². The summed E-state index contributed by atoms with van der Waals surface area (Å²) in [6, 6.07) is 20.3. The van der Waals surface area contributed by atoms with Gasteiger partial charge >= 0.3 is 0 Å². The Balaban J connectivity index is 1.42. The summed E-state index contributed by atoms with van der Waals surface area (Å²) in [5.74, 6) is -0.392. The number of hydrazine groups is 1. The fourth-order valence-electron chi connectivity index (χ4n) is 4.34. The molecule has 3 atom stereocenters. The summed E-state index contributed by atoms with van der Waals surface area (Å²) in [5, 5.41) is 4.04. The molecule has 7 heteroatoms. The van der Waals surface area contributed by atoms with Crippen LogP contribution in [0.3, 0.4) is 0 Å². The maximum Gasteiger partial charge on any atom is 0.269 e. The number of para-hydroxylation sites is 1. The van der Waals surface area contributed by atoms with Crippen molar-refractivity contribution in [2.24, 2.45) is 5.92 Å². The van der Waals surface area contributed by atoms with E-state index in [1.807, 2.05) is 47.0 Å². The van der Waals surface area contributed by atoms with Crippen LogP contribution in [0.1, 0.15) is 34.6 Å². The Hall–Kier alpha value is -3.55. The number of benzene rings is 2. The summed E-state index contributed by atoms with van der Waals surface area (Å²) in [6.45, 7) is 2.35. The molecule has 1 saturated heterocycles. The highest BCUT2D eigenvalue weighted by atomic mass is 19.1. The number of hydrogen-bond acceptors (Lipinski definition) is 4. The van der Waals surface area contributed by atoms with E-state index < -0.39 is 0 Å². The molecule has 3 N–H and O–H groups in total.